The molecule has 0 atom stereocenters. The molecule has 0 saturated carbocycles. The van der Waals surface area contributed by atoms with Crippen LogP contribution in [0.3, 0.4) is 0 Å². The molecule has 0 aromatic heterocycles. The maximum atomic E-state index is 7.51. The topological polar surface area (TPSA) is 124 Å². The molecule has 0 fully saturated rings. The fourth-order valence-corrected chi connectivity index (χ4v) is 0.0577. The summed E-state index contributed by atoms with van der Waals surface area (Å²) in [5.41, 5.74) is 9.00. The first kappa shape index (κ1) is 22.4. The molecule has 0 spiro atoms. The second kappa shape index (κ2) is 32.5. The van der Waals surface area contributed by atoms with E-state index >= 15 is 0 Å². The molecule has 0 rings (SSSR count). The minimum absolute atomic E-state index is 0. The molecule has 72 valence electrons. The summed E-state index contributed by atoms with van der Waals surface area (Å²) < 4.78 is 0. The van der Waals surface area contributed by atoms with Crippen LogP contribution in [0.4, 0.5) is 0 Å². The fraction of sp³-hybridized carbons (Fsp3) is 0. The van der Waals surface area contributed by atoms with E-state index in [4.69, 9.17) is 10.5 Å². The van der Waals surface area contributed by atoms with Gasteiger partial charge in [0.15, 0.2) is 0 Å². The van der Waals surface area contributed by atoms with Crippen molar-refractivity contribution >= 4 is 12.7 Å². The number of nitrogens with zero attached hydrogens (tertiary/aromatic N) is 4. The fourth-order valence-electron chi connectivity index (χ4n) is 0.0577. The average Bonchev–Trinajstić information content (AvgIpc) is 1.93. The van der Waals surface area contributed by atoms with E-state index in [0.29, 0.717) is 0 Å². The molecular formula is C4H4Cu2N6. The molecule has 0 bridgehead atoms. The molecule has 0 heterocycles. The van der Waals surface area contributed by atoms with Gasteiger partial charge in [-0.2, -0.15) is 0 Å². The third-order valence-corrected chi connectivity index (χ3v) is 0.229. The predicted molar refractivity (Wildman–Crippen MR) is 34.5 cm³/mol. The van der Waals surface area contributed by atoms with Crippen molar-refractivity contribution in [3.8, 4) is 12.4 Å². The van der Waals surface area contributed by atoms with E-state index in [2.05, 4.69) is 21.5 Å². The van der Waals surface area contributed by atoms with Crippen molar-refractivity contribution in [2.24, 2.45) is 21.5 Å². The number of nitriles is 2. The first-order chi connectivity index (χ1) is 4.83. The van der Waals surface area contributed by atoms with Crippen LogP contribution >= 0.6 is 0 Å². The molecule has 8 heteroatoms. The van der Waals surface area contributed by atoms with Gasteiger partial charge >= 0.3 is 34.1 Å². The first-order valence-corrected chi connectivity index (χ1v) is 1.92. The Morgan fingerprint density at radius 2 is 1.17 bits per heavy atom. The summed E-state index contributed by atoms with van der Waals surface area (Å²) in [6, 6.07) is 0. The van der Waals surface area contributed by atoms with Gasteiger partial charge in [-0.1, -0.05) is 12.7 Å². The third kappa shape index (κ3) is 64.8. The first-order valence-electron chi connectivity index (χ1n) is 1.92. The van der Waals surface area contributed by atoms with Crippen molar-refractivity contribution in [1.29, 1.82) is 10.5 Å². The van der Waals surface area contributed by atoms with Crippen molar-refractivity contribution in [3.63, 3.8) is 0 Å². The van der Waals surface area contributed by atoms with Crippen LogP contribution in [0.5, 0.6) is 0 Å². The normalized spacial score (nSPS) is 6.50. The molecule has 0 amide bonds. The van der Waals surface area contributed by atoms with Gasteiger partial charge in [-0.3, -0.25) is 0 Å². The third-order valence-electron chi connectivity index (χ3n) is 0.229. The molecule has 0 aromatic carbocycles. The van der Waals surface area contributed by atoms with Crippen molar-refractivity contribution < 1.29 is 34.1 Å². The van der Waals surface area contributed by atoms with Crippen LogP contribution in [0.2, 0.25) is 0 Å². The Morgan fingerprint density at radius 3 is 1.17 bits per heavy atom. The van der Waals surface area contributed by atoms with Gasteiger partial charge in [-0.25, -0.2) is 0 Å². The minimum Gasteiger partial charge on any atom is -0.472 e. The molecule has 0 aliphatic carbocycles. The van der Waals surface area contributed by atoms with Gasteiger partial charge in [0.2, 0.25) is 0 Å². The van der Waals surface area contributed by atoms with E-state index in [9.17, 15) is 0 Å². The molecule has 4 N–H and O–H groups in total. The molecule has 0 aliphatic rings. The number of rotatable bonds is 0. The maximum absolute atomic E-state index is 7.51. The summed E-state index contributed by atoms with van der Waals surface area (Å²) in [5.74, 6) is 0. The van der Waals surface area contributed by atoms with Gasteiger partial charge in [-0.15, -0.1) is 0 Å². The Morgan fingerprint density at radius 1 is 0.917 bits per heavy atom. The zero-order valence-corrected chi connectivity index (χ0v) is 7.43. The Kier molecular flexibility index (Phi) is 60.8. The zero-order valence-electron chi connectivity index (χ0n) is 5.55. The van der Waals surface area contributed by atoms with E-state index in [0.717, 1.165) is 0 Å². The molecular weight excluding hydrogens is 259 g/mol. The van der Waals surface area contributed by atoms with Crippen LogP contribution in [0, 0.1) is 22.9 Å². The van der Waals surface area contributed by atoms with Crippen LogP contribution in [-0.2, 0) is 34.1 Å². The molecule has 0 radical (unpaired) electrons. The number of nitrogens with two attached hydrogens (primary N) is 2. The van der Waals surface area contributed by atoms with Crippen molar-refractivity contribution in [2.75, 3.05) is 0 Å². The van der Waals surface area contributed by atoms with Gasteiger partial charge in [-0.05, 0) is 12.4 Å². The van der Waals surface area contributed by atoms with Gasteiger partial charge in [0.25, 0.3) is 0 Å². The Hall–Kier alpha value is -1.04. The Balaban J connectivity index is -0.0000000457. The molecule has 0 aliphatic heterocycles. The summed E-state index contributed by atoms with van der Waals surface area (Å²) in [6.45, 7) is 0. The van der Waals surface area contributed by atoms with Gasteiger partial charge in [0, 0.05) is 0 Å². The van der Waals surface area contributed by atoms with E-state index < -0.39 is 0 Å². The smallest absolute Gasteiger partial charge is 0.472 e. The van der Waals surface area contributed by atoms with Crippen LogP contribution in [0.1, 0.15) is 0 Å². The summed E-state index contributed by atoms with van der Waals surface area (Å²) in [7, 11) is 0. The Bertz CT molecular complexity index is 165. The molecule has 12 heavy (non-hydrogen) atoms. The maximum Gasteiger partial charge on any atom is 1.00 e. The summed E-state index contributed by atoms with van der Waals surface area (Å²) >= 11 is 0. The van der Waals surface area contributed by atoms with Crippen LogP contribution in [-0.4, -0.2) is 12.7 Å². The minimum atomic E-state index is 0. The summed E-state index contributed by atoms with van der Waals surface area (Å²) in [6.07, 6.45) is 6.38. The number of hydrogen-bond acceptors (Lipinski definition) is 4. The van der Waals surface area contributed by atoms with Crippen LogP contribution in [0.25, 0.3) is 0 Å². The number of aliphatic imine (C=N–C) groups is 2. The zero-order chi connectivity index (χ0) is 8.24. The van der Waals surface area contributed by atoms with Crippen molar-refractivity contribution in [2.45, 2.75) is 0 Å². The quantitative estimate of drug-likeness (QED) is 0.140. The van der Waals surface area contributed by atoms with Crippen LogP contribution < -0.4 is 11.5 Å². The largest absolute Gasteiger partial charge is 1.00 e. The number of hydrogen-bond donors (Lipinski definition) is 2. The average molecular weight is 263 g/mol. The standard InChI is InChI=1S/2C2H2N3.2Cu/c2*3-1-5-2-4;;/h2*(H2,3,5);;/q2*-1;2*+1. The summed E-state index contributed by atoms with van der Waals surface area (Å²) in [4.78, 5) is 5.61. The molecule has 0 saturated heterocycles. The predicted octanol–water partition coefficient (Wildman–Crippen LogP) is -1.34. The monoisotopic (exact) mass is 262 g/mol. The second-order valence-corrected chi connectivity index (χ2v) is 0.682. The summed E-state index contributed by atoms with van der Waals surface area (Å²) in [5, 5.41) is 15.0. The second-order valence-electron chi connectivity index (χ2n) is 0.682. The van der Waals surface area contributed by atoms with Gasteiger partial charge < -0.3 is 32.0 Å². The van der Waals surface area contributed by atoms with Gasteiger partial charge in [0.05, 0.1) is 0 Å². The van der Waals surface area contributed by atoms with E-state index in [1.807, 2.05) is 0 Å². The van der Waals surface area contributed by atoms with E-state index in [-0.39, 0.29) is 34.1 Å². The molecule has 6 nitrogen and oxygen atoms in total. The van der Waals surface area contributed by atoms with Crippen molar-refractivity contribution in [3.05, 3.63) is 0 Å². The van der Waals surface area contributed by atoms with Gasteiger partial charge in [0.1, 0.15) is 0 Å². The SMILES string of the molecule is N#CN=[C-]N.N#CN=[C-]N.[Cu+].[Cu+]. The van der Waals surface area contributed by atoms with E-state index in [1.54, 1.807) is 12.7 Å². The molecule has 0 aromatic rings. The van der Waals surface area contributed by atoms with Crippen molar-refractivity contribution in [1.82, 2.24) is 0 Å². The Labute approximate surface area is 91.3 Å². The molecule has 0 unspecified atom stereocenters. The van der Waals surface area contributed by atoms with E-state index in [1.165, 1.54) is 12.4 Å². The van der Waals surface area contributed by atoms with Crippen LogP contribution in [0.15, 0.2) is 9.98 Å².